The summed E-state index contributed by atoms with van der Waals surface area (Å²) in [6.07, 6.45) is 2.47. The van der Waals surface area contributed by atoms with Gasteiger partial charge in [-0.3, -0.25) is 4.79 Å². The molecule has 1 aliphatic heterocycles. The summed E-state index contributed by atoms with van der Waals surface area (Å²) in [4.78, 5) is 28.8. The van der Waals surface area contributed by atoms with Gasteiger partial charge in [0.1, 0.15) is 5.82 Å². The van der Waals surface area contributed by atoms with Gasteiger partial charge in [0.05, 0.1) is 12.7 Å². The lowest BCUT2D eigenvalue weighted by Gasteiger charge is -2.18. The third kappa shape index (κ3) is 3.21. The normalized spacial score (nSPS) is 18.2. The summed E-state index contributed by atoms with van der Waals surface area (Å²) in [6, 6.07) is 3.47. The lowest BCUT2D eigenvalue weighted by atomic mass is 10.2. The standard InChI is InChI=1S/C13H17N3O3/c1-9(17)15-11-4-6-16(8-11)12-7-10(3-5-14-12)13(18)19-2/h3,5,7,11H,4,6,8H2,1-2H3,(H,15,17). The van der Waals surface area contributed by atoms with Crippen molar-refractivity contribution in [2.75, 3.05) is 25.1 Å². The molecule has 1 saturated heterocycles. The first-order chi connectivity index (χ1) is 9.10. The number of hydrogen-bond donors (Lipinski definition) is 1. The van der Waals surface area contributed by atoms with Crippen LogP contribution in [0.25, 0.3) is 0 Å². The van der Waals surface area contributed by atoms with Crippen LogP contribution >= 0.6 is 0 Å². The van der Waals surface area contributed by atoms with E-state index in [0.29, 0.717) is 12.1 Å². The molecule has 2 rings (SSSR count). The molecule has 6 heteroatoms. The zero-order valence-electron chi connectivity index (χ0n) is 11.0. The highest BCUT2D eigenvalue weighted by Gasteiger charge is 2.24. The van der Waals surface area contributed by atoms with Crippen molar-refractivity contribution in [3.63, 3.8) is 0 Å². The number of anilines is 1. The summed E-state index contributed by atoms with van der Waals surface area (Å²) in [5.41, 5.74) is 0.482. The van der Waals surface area contributed by atoms with Crippen LogP contribution < -0.4 is 10.2 Å². The number of methoxy groups -OCH3 is 1. The monoisotopic (exact) mass is 263 g/mol. The molecule has 1 aliphatic rings. The van der Waals surface area contributed by atoms with Crippen LogP contribution in [0.15, 0.2) is 18.3 Å². The fraction of sp³-hybridized carbons (Fsp3) is 0.462. The predicted octanol–water partition coefficient (Wildman–Crippen LogP) is 0.583. The Bertz CT molecular complexity index is 490. The molecule has 1 amide bonds. The number of nitrogens with one attached hydrogen (secondary N) is 1. The van der Waals surface area contributed by atoms with Crippen LogP contribution in [0.1, 0.15) is 23.7 Å². The SMILES string of the molecule is COC(=O)c1ccnc(N2CCC(NC(C)=O)C2)c1. The van der Waals surface area contributed by atoms with Crippen LogP contribution in [0, 0.1) is 0 Å². The Hall–Kier alpha value is -2.11. The van der Waals surface area contributed by atoms with E-state index in [1.165, 1.54) is 14.0 Å². The molecule has 6 nitrogen and oxygen atoms in total. The minimum Gasteiger partial charge on any atom is -0.465 e. The van der Waals surface area contributed by atoms with Crippen LogP contribution in [0.2, 0.25) is 0 Å². The molecule has 2 heterocycles. The lowest BCUT2D eigenvalue weighted by molar-refractivity contribution is -0.119. The van der Waals surface area contributed by atoms with E-state index in [4.69, 9.17) is 0 Å². The Morgan fingerprint density at radius 2 is 2.32 bits per heavy atom. The van der Waals surface area contributed by atoms with Crippen molar-refractivity contribution in [3.8, 4) is 0 Å². The number of rotatable bonds is 3. The number of carbonyl (C=O) groups is 2. The largest absolute Gasteiger partial charge is 0.465 e. The van der Waals surface area contributed by atoms with E-state index >= 15 is 0 Å². The van der Waals surface area contributed by atoms with Crippen LogP contribution in [0.5, 0.6) is 0 Å². The zero-order valence-corrected chi connectivity index (χ0v) is 11.0. The number of carbonyl (C=O) groups excluding carboxylic acids is 2. The van der Waals surface area contributed by atoms with Crippen molar-refractivity contribution in [1.29, 1.82) is 0 Å². The highest BCUT2D eigenvalue weighted by atomic mass is 16.5. The van der Waals surface area contributed by atoms with Gasteiger partial charge in [-0.05, 0) is 18.6 Å². The summed E-state index contributed by atoms with van der Waals surface area (Å²) in [6.45, 7) is 3.03. The lowest BCUT2D eigenvalue weighted by Crippen LogP contribution is -2.35. The van der Waals surface area contributed by atoms with Crippen molar-refractivity contribution >= 4 is 17.7 Å². The first-order valence-corrected chi connectivity index (χ1v) is 6.16. The minimum atomic E-state index is -0.374. The Morgan fingerprint density at radius 1 is 1.53 bits per heavy atom. The van der Waals surface area contributed by atoms with Crippen molar-refractivity contribution in [2.45, 2.75) is 19.4 Å². The van der Waals surface area contributed by atoms with Gasteiger partial charge < -0.3 is 15.0 Å². The molecule has 1 N–H and O–H groups in total. The van der Waals surface area contributed by atoms with Crippen LogP contribution in [0.3, 0.4) is 0 Å². The molecule has 0 aromatic carbocycles. The number of amides is 1. The summed E-state index contributed by atoms with van der Waals surface area (Å²) >= 11 is 0. The first kappa shape index (κ1) is 13.3. The highest BCUT2D eigenvalue weighted by Crippen LogP contribution is 2.19. The molecular weight excluding hydrogens is 246 g/mol. The molecule has 0 radical (unpaired) electrons. The number of nitrogens with zero attached hydrogens (tertiary/aromatic N) is 2. The van der Waals surface area contributed by atoms with E-state index < -0.39 is 0 Å². The smallest absolute Gasteiger partial charge is 0.338 e. The van der Waals surface area contributed by atoms with E-state index in [-0.39, 0.29) is 17.9 Å². The summed E-state index contributed by atoms with van der Waals surface area (Å²) < 4.78 is 4.69. The van der Waals surface area contributed by atoms with Gasteiger partial charge in [0.25, 0.3) is 0 Å². The van der Waals surface area contributed by atoms with E-state index in [1.807, 2.05) is 4.90 Å². The minimum absolute atomic E-state index is 0.0249. The third-order valence-corrected chi connectivity index (χ3v) is 3.09. The third-order valence-electron chi connectivity index (χ3n) is 3.09. The Labute approximate surface area is 111 Å². The average Bonchev–Trinajstić information content (AvgIpc) is 2.85. The van der Waals surface area contributed by atoms with Crippen molar-refractivity contribution in [1.82, 2.24) is 10.3 Å². The summed E-state index contributed by atoms with van der Waals surface area (Å²) in [5.74, 6) is 0.333. The number of hydrogen-bond acceptors (Lipinski definition) is 5. The van der Waals surface area contributed by atoms with Gasteiger partial charge in [0.2, 0.25) is 5.91 Å². The molecule has 1 fully saturated rings. The average molecular weight is 263 g/mol. The number of ether oxygens (including phenoxy) is 1. The Morgan fingerprint density at radius 3 is 3.00 bits per heavy atom. The fourth-order valence-electron chi connectivity index (χ4n) is 2.21. The van der Waals surface area contributed by atoms with Crippen molar-refractivity contribution in [3.05, 3.63) is 23.9 Å². The van der Waals surface area contributed by atoms with Gasteiger partial charge in [-0.25, -0.2) is 9.78 Å². The van der Waals surface area contributed by atoms with E-state index in [1.54, 1.807) is 18.3 Å². The number of pyridine rings is 1. The van der Waals surface area contributed by atoms with E-state index in [2.05, 4.69) is 15.0 Å². The molecule has 102 valence electrons. The molecule has 1 aromatic rings. The molecule has 1 atom stereocenters. The maximum Gasteiger partial charge on any atom is 0.338 e. The van der Waals surface area contributed by atoms with Crippen LogP contribution in [-0.4, -0.2) is 43.1 Å². The number of esters is 1. The highest BCUT2D eigenvalue weighted by molar-refractivity contribution is 5.90. The van der Waals surface area contributed by atoms with Gasteiger partial charge >= 0.3 is 5.97 Å². The Kier molecular flexibility index (Phi) is 3.99. The summed E-state index contributed by atoms with van der Waals surface area (Å²) in [7, 11) is 1.35. The second-order valence-corrected chi connectivity index (χ2v) is 4.53. The molecule has 1 aromatic heterocycles. The topological polar surface area (TPSA) is 71.5 Å². The first-order valence-electron chi connectivity index (χ1n) is 6.16. The van der Waals surface area contributed by atoms with Gasteiger partial charge in [-0.1, -0.05) is 0 Å². The van der Waals surface area contributed by atoms with Crippen LogP contribution in [0.4, 0.5) is 5.82 Å². The molecule has 0 bridgehead atoms. The predicted molar refractivity (Wildman–Crippen MR) is 70.0 cm³/mol. The van der Waals surface area contributed by atoms with Crippen molar-refractivity contribution in [2.24, 2.45) is 0 Å². The molecular formula is C13H17N3O3. The van der Waals surface area contributed by atoms with Crippen molar-refractivity contribution < 1.29 is 14.3 Å². The van der Waals surface area contributed by atoms with Crippen LogP contribution in [-0.2, 0) is 9.53 Å². The molecule has 19 heavy (non-hydrogen) atoms. The molecule has 1 unspecified atom stereocenters. The van der Waals surface area contributed by atoms with Gasteiger partial charge in [-0.15, -0.1) is 0 Å². The zero-order chi connectivity index (χ0) is 13.8. The maximum atomic E-state index is 11.5. The quantitative estimate of drug-likeness (QED) is 0.808. The van der Waals surface area contributed by atoms with Gasteiger partial charge in [-0.2, -0.15) is 0 Å². The Balaban J connectivity index is 2.07. The van der Waals surface area contributed by atoms with E-state index in [0.717, 1.165) is 18.8 Å². The molecule has 0 saturated carbocycles. The van der Waals surface area contributed by atoms with E-state index in [9.17, 15) is 9.59 Å². The van der Waals surface area contributed by atoms with Gasteiger partial charge in [0, 0.05) is 32.3 Å². The maximum absolute atomic E-state index is 11.5. The number of aromatic nitrogens is 1. The second-order valence-electron chi connectivity index (χ2n) is 4.53. The molecule has 0 spiro atoms. The molecule has 0 aliphatic carbocycles. The van der Waals surface area contributed by atoms with Gasteiger partial charge in [0.15, 0.2) is 0 Å². The summed E-state index contributed by atoms with van der Waals surface area (Å²) in [5, 5.41) is 2.89. The second kappa shape index (κ2) is 5.69. The fourth-order valence-corrected chi connectivity index (χ4v) is 2.21.